The topological polar surface area (TPSA) is 42.4 Å². The molecule has 0 N–H and O–H groups in total. The van der Waals surface area contributed by atoms with Crippen LogP contribution in [-0.2, 0) is 10.3 Å². The summed E-state index contributed by atoms with van der Waals surface area (Å²) >= 11 is 3.37. The van der Waals surface area contributed by atoms with Crippen LogP contribution in [-0.4, -0.2) is 28.6 Å². The molecule has 4 nitrogen and oxygen atoms in total. The minimum atomic E-state index is -0.472. The van der Waals surface area contributed by atoms with Crippen molar-refractivity contribution < 1.29 is 9.53 Å². The number of rotatable bonds is 2. The molecule has 1 fully saturated rings. The molecule has 104 valence electrons. The fraction of sp³-hybridized carbons (Fsp3) is 0.571. The monoisotopic (exact) mass is 326 g/mol. The number of carbonyl (C=O) groups excluding carboxylic acids is 1. The van der Waals surface area contributed by atoms with Crippen LogP contribution >= 0.6 is 15.9 Å². The van der Waals surface area contributed by atoms with Gasteiger partial charge in [-0.25, -0.2) is 9.78 Å². The molecule has 1 aliphatic rings. The molecule has 0 bridgehead atoms. The van der Waals surface area contributed by atoms with Crippen molar-refractivity contribution >= 4 is 22.0 Å². The Morgan fingerprint density at radius 2 is 2.11 bits per heavy atom. The van der Waals surface area contributed by atoms with Gasteiger partial charge >= 0.3 is 6.09 Å². The average Bonchev–Trinajstić information content (AvgIpc) is 3.07. The lowest BCUT2D eigenvalue weighted by Crippen LogP contribution is -2.40. The maximum Gasteiger partial charge on any atom is 0.410 e. The van der Waals surface area contributed by atoms with Crippen molar-refractivity contribution in [1.82, 2.24) is 9.88 Å². The zero-order valence-electron chi connectivity index (χ0n) is 11.7. The van der Waals surface area contributed by atoms with Crippen molar-refractivity contribution in [1.29, 1.82) is 0 Å². The quantitative estimate of drug-likeness (QED) is 0.778. The predicted molar refractivity (Wildman–Crippen MR) is 76.8 cm³/mol. The minimum absolute atomic E-state index is 0.228. The number of amides is 1. The normalized spacial score (nSPS) is 16.9. The summed E-state index contributed by atoms with van der Waals surface area (Å²) in [5, 5.41) is 0. The van der Waals surface area contributed by atoms with Crippen LogP contribution in [0.2, 0.25) is 0 Å². The Morgan fingerprint density at radius 3 is 2.58 bits per heavy atom. The van der Waals surface area contributed by atoms with E-state index in [2.05, 4.69) is 20.9 Å². The van der Waals surface area contributed by atoms with E-state index >= 15 is 0 Å². The number of carbonyl (C=O) groups is 1. The Hall–Kier alpha value is -1.10. The summed E-state index contributed by atoms with van der Waals surface area (Å²) in [5.74, 6) is 0. The van der Waals surface area contributed by atoms with Gasteiger partial charge in [0.15, 0.2) is 0 Å². The molecule has 1 saturated carbocycles. The van der Waals surface area contributed by atoms with E-state index in [0.717, 1.165) is 23.0 Å². The van der Waals surface area contributed by atoms with Gasteiger partial charge in [0.05, 0.1) is 5.54 Å². The first-order valence-electron chi connectivity index (χ1n) is 6.33. The molecule has 0 atom stereocenters. The summed E-state index contributed by atoms with van der Waals surface area (Å²) in [6, 6.07) is 3.92. The first-order valence-corrected chi connectivity index (χ1v) is 7.13. The SMILES string of the molecule is CN(C(=O)OC(C)(C)C)C1(c2ccnc(Br)c2)CC1. The van der Waals surface area contributed by atoms with E-state index in [0.29, 0.717) is 0 Å². The molecule has 5 heteroatoms. The maximum atomic E-state index is 12.2. The van der Waals surface area contributed by atoms with E-state index in [-0.39, 0.29) is 11.6 Å². The van der Waals surface area contributed by atoms with Gasteiger partial charge in [0.1, 0.15) is 10.2 Å². The lowest BCUT2D eigenvalue weighted by atomic mass is 10.1. The van der Waals surface area contributed by atoms with E-state index in [4.69, 9.17) is 4.74 Å². The van der Waals surface area contributed by atoms with Gasteiger partial charge in [-0.05, 0) is 67.2 Å². The summed E-state index contributed by atoms with van der Waals surface area (Å²) in [5.41, 5.74) is 0.399. The molecular weight excluding hydrogens is 308 g/mol. The number of halogens is 1. The Labute approximate surface area is 122 Å². The van der Waals surface area contributed by atoms with Crippen LogP contribution in [0.3, 0.4) is 0 Å². The Bertz CT molecular complexity index is 492. The summed E-state index contributed by atoms with van der Waals surface area (Å²) in [7, 11) is 1.80. The molecule has 1 amide bonds. The molecule has 0 aromatic carbocycles. The molecule has 0 aliphatic heterocycles. The van der Waals surface area contributed by atoms with Gasteiger partial charge in [0.25, 0.3) is 0 Å². The predicted octanol–water partition coefficient (Wildman–Crippen LogP) is 3.70. The number of aromatic nitrogens is 1. The van der Waals surface area contributed by atoms with Gasteiger partial charge in [0, 0.05) is 13.2 Å². The minimum Gasteiger partial charge on any atom is -0.444 e. The number of nitrogens with zero attached hydrogens (tertiary/aromatic N) is 2. The zero-order chi connectivity index (χ0) is 14.3. The van der Waals surface area contributed by atoms with Crippen LogP contribution in [0.25, 0.3) is 0 Å². The number of hydrogen-bond acceptors (Lipinski definition) is 3. The molecule has 1 aliphatic carbocycles. The summed E-state index contributed by atoms with van der Waals surface area (Å²) in [6.45, 7) is 5.63. The van der Waals surface area contributed by atoms with Gasteiger partial charge in [-0.3, -0.25) is 0 Å². The van der Waals surface area contributed by atoms with Crippen LogP contribution < -0.4 is 0 Å². The van der Waals surface area contributed by atoms with E-state index < -0.39 is 5.60 Å². The lowest BCUT2D eigenvalue weighted by molar-refractivity contribution is 0.0189. The van der Waals surface area contributed by atoms with Crippen molar-refractivity contribution in [2.45, 2.75) is 44.8 Å². The smallest absolute Gasteiger partial charge is 0.410 e. The van der Waals surface area contributed by atoms with Crippen molar-refractivity contribution in [3.05, 3.63) is 28.5 Å². The van der Waals surface area contributed by atoms with E-state index in [1.165, 1.54) is 0 Å². The summed E-state index contributed by atoms with van der Waals surface area (Å²) < 4.78 is 6.22. The average molecular weight is 327 g/mol. The van der Waals surface area contributed by atoms with Gasteiger partial charge in [-0.2, -0.15) is 0 Å². The second kappa shape index (κ2) is 4.78. The third-order valence-electron chi connectivity index (χ3n) is 3.30. The van der Waals surface area contributed by atoms with Gasteiger partial charge in [0.2, 0.25) is 0 Å². The van der Waals surface area contributed by atoms with Crippen LogP contribution in [0.1, 0.15) is 39.2 Å². The molecule has 0 saturated heterocycles. The molecule has 1 heterocycles. The third-order valence-corrected chi connectivity index (χ3v) is 3.73. The van der Waals surface area contributed by atoms with Gasteiger partial charge in [-0.15, -0.1) is 0 Å². The van der Waals surface area contributed by atoms with Gasteiger partial charge < -0.3 is 9.64 Å². The molecule has 0 radical (unpaired) electrons. The molecule has 2 rings (SSSR count). The van der Waals surface area contributed by atoms with Crippen LogP contribution in [0.15, 0.2) is 22.9 Å². The fourth-order valence-electron chi connectivity index (χ4n) is 2.13. The highest BCUT2D eigenvalue weighted by molar-refractivity contribution is 9.10. The second-order valence-corrected chi connectivity index (χ2v) is 6.75. The van der Waals surface area contributed by atoms with E-state index in [1.807, 2.05) is 32.9 Å². The van der Waals surface area contributed by atoms with Crippen molar-refractivity contribution in [3.8, 4) is 0 Å². The highest BCUT2D eigenvalue weighted by Crippen LogP contribution is 2.50. The molecule has 0 spiro atoms. The first kappa shape index (κ1) is 14.3. The van der Waals surface area contributed by atoms with E-state index in [9.17, 15) is 4.79 Å². The summed E-state index contributed by atoms with van der Waals surface area (Å²) in [6.07, 6.45) is 3.39. The van der Waals surface area contributed by atoms with Crippen molar-refractivity contribution in [2.75, 3.05) is 7.05 Å². The third kappa shape index (κ3) is 3.08. The lowest BCUT2D eigenvalue weighted by Gasteiger charge is -2.31. The second-order valence-electron chi connectivity index (χ2n) is 5.94. The molecule has 1 aromatic heterocycles. The van der Waals surface area contributed by atoms with Crippen LogP contribution in [0.5, 0.6) is 0 Å². The van der Waals surface area contributed by atoms with Crippen LogP contribution in [0, 0.1) is 0 Å². The number of hydrogen-bond donors (Lipinski definition) is 0. The fourth-order valence-corrected chi connectivity index (χ4v) is 2.50. The first-order chi connectivity index (χ1) is 8.74. The summed E-state index contributed by atoms with van der Waals surface area (Å²) in [4.78, 5) is 18.0. The maximum absolute atomic E-state index is 12.2. The number of pyridine rings is 1. The standard InChI is InChI=1S/C14H19BrN2O2/c1-13(2,3)19-12(18)17(4)14(6-7-14)10-5-8-16-11(15)9-10/h5,8-9H,6-7H2,1-4H3. The zero-order valence-corrected chi connectivity index (χ0v) is 13.3. The van der Waals surface area contributed by atoms with Crippen molar-refractivity contribution in [3.63, 3.8) is 0 Å². The Morgan fingerprint density at radius 1 is 1.47 bits per heavy atom. The van der Waals surface area contributed by atoms with Crippen molar-refractivity contribution in [2.24, 2.45) is 0 Å². The highest BCUT2D eigenvalue weighted by Gasteiger charge is 2.51. The largest absolute Gasteiger partial charge is 0.444 e. The molecule has 1 aromatic rings. The Balaban J connectivity index is 2.19. The van der Waals surface area contributed by atoms with Crippen LogP contribution in [0.4, 0.5) is 4.79 Å². The molecular formula is C14H19BrN2O2. The molecule has 0 unspecified atom stereocenters. The molecule has 19 heavy (non-hydrogen) atoms. The van der Waals surface area contributed by atoms with Gasteiger partial charge in [-0.1, -0.05) is 0 Å². The Kier molecular flexibility index (Phi) is 3.60. The highest BCUT2D eigenvalue weighted by atomic mass is 79.9. The number of ether oxygens (including phenoxy) is 1. The van der Waals surface area contributed by atoms with E-state index in [1.54, 1.807) is 18.1 Å².